The van der Waals surface area contributed by atoms with Gasteiger partial charge in [0.2, 0.25) is 5.91 Å². The van der Waals surface area contributed by atoms with Gasteiger partial charge in [-0.3, -0.25) is 4.79 Å². The van der Waals surface area contributed by atoms with E-state index >= 15 is 0 Å². The van der Waals surface area contributed by atoms with Gasteiger partial charge in [0.05, 0.1) is 6.04 Å². The predicted octanol–water partition coefficient (Wildman–Crippen LogP) is 3.87. The number of hydrogen-bond donors (Lipinski definition) is 1. The van der Waals surface area contributed by atoms with Crippen molar-refractivity contribution in [3.63, 3.8) is 0 Å². The molecule has 128 valence electrons. The number of carbonyl (C=O) groups excluding carboxylic acids is 1. The van der Waals surface area contributed by atoms with Crippen molar-refractivity contribution in [2.45, 2.75) is 46.1 Å². The van der Waals surface area contributed by atoms with Crippen molar-refractivity contribution in [1.82, 2.24) is 10.2 Å². The van der Waals surface area contributed by atoms with E-state index < -0.39 is 0 Å². The topological polar surface area (TPSA) is 32.3 Å². The van der Waals surface area contributed by atoms with Gasteiger partial charge in [-0.25, -0.2) is 0 Å². The number of piperidine rings is 1. The third-order valence-electron chi connectivity index (χ3n) is 5.27. The number of nitrogens with one attached hydrogen (secondary N) is 1. The first-order valence-electron chi connectivity index (χ1n) is 9.02. The van der Waals surface area contributed by atoms with Gasteiger partial charge in [-0.1, -0.05) is 51.1 Å². The van der Waals surface area contributed by atoms with Crippen molar-refractivity contribution in [1.29, 1.82) is 0 Å². The summed E-state index contributed by atoms with van der Waals surface area (Å²) >= 11 is 0. The second-order valence-corrected chi connectivity index (χ2v) is 7.37. The Bertz CT molecular complexity index is 480. The van der Waals surface area contributed by atoms with Crippen LogP contribution in [0.4, 0.5) is 0 Å². The summed E-state index contributed by atoms with van der Waals surface area (Å²) in [5, 5.41) is 3.40. The normalized spacial score (nSPS) is 18.7. The van der Waals surface area contributed by atoms with E-state index in [2.05, 4.69) is 50.4 Å². The Labute approximate surface area is 141 Å². The number of amides is 1. The molecule has 1 N–H and O–H groups in total. The van der Waals surface area contributed by atoms with Gasteiger partial charge in [0, 0.05) is 13.5 Å². The van der Waals surface area contributed by atoms with Crippen molar-refractivity contribution in [3.8, 4) is 0 Å². The number of hydrogen-bond acceptors (Lipinski definition) is 2. The zero-order chi connectivity index (χ0) is 16.8. The van der Waals surface area contributed by atoms with Gasteiger partial charge in [0.15, 0.2) is 0 Å². The SMILES string of the molecule is CC(C)C(c1ccccc1)N(C)C(=O)CC(C)C1CCNCC1. The summed E-state index contributed by atoms with van der Waals surface area (Å²) in [5.41, 5.74) is 1.23. The van der Waals surface area contributed by atoms with Gasteiger partial charge in [0.1, 0.15) is 0 Å². The smallest absolute Gasteiger partial charge is 0.223 e. The van der Waals surface area contributed by atoms with E-state index in [9.17, 15) is 4.79 Å². The summed E-state index contributed by atoms with van der Waals surface area (Å²) < 4.78 is 0. The Morgan fingerprint density at radius 1 is 1.17 bits per heavy atom. The summed E-state index contributed by atoms with van der Waals surface area (Å²) in [6.45, 7) is 8.82. The average molecular weight is 316 g/mol. The molecule has 0 radical (unpaired) electrons. The van der Waals surface area contributed by atoms with Gasteiger partial charge >= 0.3 is 0 Å². The summed E-state index contributed by atoms with van der Waals surface area (Å²) in [6, 6.07) is 10.6. The van der Waals surface area contributed by atoms with Crippen LogP contribution in [-0.2, 0) is 4.79 Å². The highest BCUT2D eigenvalue weighted by Crippen LogP contribution is 2.30. The van der Waals surface area contributed by atoms with Crippen LogP contribution in [0, 0.1) is 17.8 Å². The molecule has 0 bridgehead atoms. The van der Waals surface area contributed by atoms with Gasteiger partial charge < -0.3 is 10.2 Å². The first kappa shape index (κ1) is 18.0. The van der Waals surface area contributed by atoms with Crippen LogP contribution in [0.25, 0.3) is 0 Å². The monoisotopic (exact) mass is 316 g/mol. The molecule has 2 rings (SSSR count). The summed E-state index contributed by atoms with van der Waals surface area (Å²) in [5.74, 6) is 1.83. The molecule has 1 aromatic carbocycles. The Morgan fingerprint density at radius 2 is 1.78 bits per heavy atom. The van der Waals surface area contributed by atoms with Crippen LogP contribution in [0.2, 0.25) is 0 Å². The quantitative estimate of drug-likeness (QED) is 0.864. The molecule has 0 aliphatic carbocycles. The minimum Gasteiger partial charge on any atom is -0.338 e. The predicted molar refractivity (Wildman–Crippen MR) is 96.2 cm³/mol. The molecule has 1 fully saturated rings. The first-order chi connectivity index (χ1) is 11.0. The van der Waals surface area contributed by atoms with Gasteiger partial charge in [-0.15, -0.1) is 0 Å². The highest BCUT2D eigenvalue weighted by atomic mass is 16.2. The Morgan fingerprint density at radius 3 is 2.35 bits per heavy atom. The molecular weight excluding hydrogens is 284 g/mol. The van der Waals surface area contributed by atoms with Crippen LogP contribution >= 0.6 is 0 Å². The van der Waals surface area contributed by atoms with Crippen molar-refractivity contribution < 1.29 is 4.79 Å². The number of rotatable bonds is 6. The minimum absolute atomic E-state index is 0.156. The van der Waals surface area contributed by atoms with E-state index in [-0.39, 0.29) is 11.9 Å². The van der Waals surface area contributed by atoms with Crippen molar-refractivity contribution in [2.75, 3.05) is 20.1 Å². The molecule has 1 saturated heterocycles. The molecule has 1 heterocycles. The minimum atomic E-state index is 0.156. The fourth-order valence-electron chi connectivity index (χ4n) is 3.86. The Balaban J connectivity index is 2.01. The number of benzene rings is 1. The maximum Gasteiger partial charge on any atom is 0.223 e. The third kappa shape index (κ3) is 4.81. The summed E-state index contributed by atoms with van der Waals surface area (Å²) in [7, 11) is 1.97. The largest absolute Gasteiger partial charge is 0.338 e. The van der Waals surface area contributed by atoms with Gasteiger partial charge in [0.25, 0.3) is 0 Å². The maximum atomic E-state index is 12.8. The molecule has 23 heavy (non-hydrogen) atoms. The average Bonchev–Trinajstić information content (AvgIpc) is 2.56. The van der Waals surface area contributed by atoms with E-state index in [0.29, 0.717) is 24.2 Å². The lowest BCUT2D eigenvalue weighted by molar-refractivity contribution is -0.134. The fraction of sp³-hybridized carbons (Fsp3) is 0.650. The van der Waals surface area contributed by atoms with Crippen molar-refractivity contribution in [3.05, 3.63) is 35.9 Å². The molecular formula is C20H32N2O. The zero-order valence-corrected chi connectivity index (χ0v) is 15.1. The van der Waals surface area contributed by atoms with Crippen LogP contribution in [0.1, 0.15) is 51.6 Å². The highest BCUT2D eigenvalue weighted by molar-refractivity contribution is 5.76. The number of carbonyl (C=O) groups is 1. The summed E-state index contributed by atoms with van der Waals surface area (Å²) in [4.78, 5) is 14.8. The Kier molecular flexibility index (Phi) is 6.64. The fourth-order valence-corrected chi connectivity index (χ4v) is 3.86. The Hall–Kier alpha value is -1.35. The second-order valence-electron chi connectivity index (χ2n) is 7.37. The molecule has 3 heteroatoms. The molecule has 0 spiro atoms. The zero-order valence-electron chi connectivity index (χ0n) is 15.1. The van der Waals surface area contributed by atoms with Gasteiger partial charge in [-0.05, 0) is 49.2 Å². The summed E-state index contributed by atoms with van der Waals surface area (Å²) in [6.07, 6.45) is 3.06. The lowest BCUT2D eigenvalue weighted by Gasteiger charge is -2.34. The molecule has 2 atom stereocenters. The molecule has 0 aromatic heterocycles. The molecule has 1 aromatic rings. The van der Waals surface area contributed by atoms with E-state index in [1.54, 1.807) is 0 Å². The lowest BCUT2D eigenvalue weighted by Crippen LogP contribution is -2.37. The third-order valence-corrected chi connectivity index (χ3v) is 5.27. The maximum absolute atomic E-state index is 12.8. The number of nitrogens with zero attached hydrogens (tertiary/aromatic N) is 1. The van der Waals surface area contributed by atoms with Crippen LogP contribution in [-0.4, -0.2) is 30.9 Å². The van der Waals surface area contributed by atoms with Crippen molar-refractivity contribution >= 4 is 5.91 Å². The van der Waals surface area contributed by atoms with E-state index in [1.165, 1.54) is 18.4 Å². The second kappa shape index (κ2) is 8.49. The van der Waals surface area contributed by atoms with Gasteiger partial charge in [-0.2, -0.15) is 0 Å². The lowest BCUT2D eigenvalue weighted by atomic mass is 9.83. The molecule has 1 aliphatic rings. The van der Waals surface area contributed by atoms with Crippen molar-refractivity contribution in [2.24, 2.45) is 17.8 Å². The molecule has 1 amide bonds. The molecule has 1 aliphatic heterocycles. The van der Waals surface area contributed by atoms with Crippen LogP contribution in [0.15, 0.2) is 30.3 Å². The first-order valence-corrected chi connectivity index (χ1v) is 9.02. The van der Waals surface area contributed by atoms with Crippen LogP contribution in [0.3, 0.4) is 0 Å². The molecule has 3 nitrogen and oxygen atoms in total. The highest BCUT2D eigenvalue weighted by Gasteiger charge is 2.28. The van der Waals surface area contributed by atoms with E-state index in [4.69, 9.17) is 0 Å². The van der Waals surface area contributed by atoms with Crippen LogP contribution < -0.4 is 5.32 Å². The molecule has 0 saturated carbocycles. The van der Waals surface area contributed by atoms with E-state index in [1.807, 2.05) is 18.0 Å². The van der Waals surface area contributed by atoms with E-state index in [0.717, 1.165) is 13.1 Å². The standard InChI is InChI=1S/C20H32N2O/c1-15(2)20(18-8-6-5-7-9-18)22(4)19(23)14-16(3)17-10-12-21-13-11-17/h5-9,15-17,20-21H,10-14H2,1-4H3. The molecule has 2 unspecified atom stereocenters. The van der Waals surface area contributed by atoms with Crippen LogP contribution in [0.5, 0.6) is 0 Å².